The van der Waals surface area contributed by atoms with Crippen molar-refractivity contribution in [2.24, 2.45) is 0 Å². The Kier molecular flexibility index (Phi) is 7.14. The van der Waals surface area contributed by atoms with Crippen LogP contribution in [0.2, 0.25) is 0 Å². The van der Waals surface area contributed by atoms with Crippen molar-refractivity contribution < 1.29 is 9.59 Å². The topological polar surface area (TPSA) is 61.4 Å². The summed E-state index contributed by atoms with van der Waals surface area (Å²) in [7, 11) is 0. The van der Waals surface area contributed by atoms with Crippen LogP contribution in [0.15, 0.2) is 42.5 Å². The van der Waals surface area contributed by atoms with Crippen molar-refractivity contribution in [1.29, 1.82) is 0 Å². The van der Waals surface area contributed by atoms with Crippen molar-refractivity contribution in [3.63, 3.8) is 0 Å². The molecular weight excluding hydrogens is 374 g/mol. The van der Waals surface area contributed by atoms with Gasteiger partial charge in [0.1, 0.15) is 0 Å². The molecule has 1 aliphatic rings. The van der Waals surface area contributed by atoms with Crippen molar-refractivity contribution in [1.82, 2.24) is 10.2 Å². The number of benzene rings is 2. The molecule has 1 fully saturated rings. The zero-order chi connectivity index (χ0) is 21.7. The van der Waals surface area contributed by atoms with Gasteiger partial charge in [-0.3, -0.25) is 4.79 Å². The van der Waals surface area contributed by atoms with Crippen LogP contribution in [-0.2, 0) is 17.9 Å². The molecule has 5 heteroatoms. The normalized spacial score (nSPS) is 13.9. The number of anilines is 1. The molecule has 1 aliphatic heterocycles. The summed E-state index contributed by atoms with van der Waals surface area (Å²) < 4.78 is 0. The van der Waals surface area contributed by atoms with Gasteiger partial charge in [0, 0.05) is 31.7 Å². The molecule has 0 saturated carbocycles. The second-order valence-electron chi connectivity index (χ2n) is 8.70. The smallest absolute Gasteiger partial charge is 0.319 e. The lowest BCUT2D eigenvalue weighted by Gasteiger charge is -2.18. The number of hydrogen-bond acceptors (Lipinski definition) is 2. The minimum atomic E-state index is -0.214. The fourth-order valence-corrected chi connectivity index (χ4v) is 3.81. The number of carbonyl (C=O) groups is 2. The van der Waals surface area contributed by atoms with Gasteiger partial charge in [-0.05, 0) is 46.6 Å². The van der Waals surface area contributed by atoms with Gasteiger partial charge in [-0.1, -0.05) is 64.1 Å². The Bertz CT molecular complexity index is 905. The van der Waals surface area contributed by atoms with Gasteiger partial charge in [0.2, 0.25) is 5.91 Å². The number of likely N-dealkylation sites (tertiary alicyclic amines) is 1. The van der Waals surface area contributed by atoms with Crippen LogP contribution in [0.4, 0.5) is 10.5 Å². The maximum atomic E-state index is 12.5. The molecule has 0 aromatic heterocycles. The Labute approximate surface area is 179 Å². The SMILES string of the molecule is CC(C)c1ccc(NC(=O)NCc2cccc(CN3CCCC3=O)c2)c(C(C)C)c1. The van der Waals surface area contributed by atoms with E-state index in [1.165, 1.54) is 5.56 Å². The Morgan fingerprint density at radius 2 is 1.80 bits per heavy atom. The highest BCUT2D eigenvalue weighted by Crippen LogP contribution is 2.28. The van der Waals surface area contributed by atoms with Crippen molar-refractivity contribution in [3.8, 4) is 0 Å². The number of hydrogen-bond donors (Lipinski definition) is 2. The molecule has 2 aromatic rings. The van der Waals surface area contributed by atoms with E-state index >= 15 is 0 Å². The van der Waals surface area contributed by atoms with Crippen LogP contribution in [0, 0.1) is 0 Å². The van der Waals surface area contributed by atoms with Gasteiger partial charge in [0.25, 0.3) is 0 Å². The summed E-state index contributed by atoms with van der Waals surface area (Å²) in [6.07, 6.45) is 1.59. The number of urea groups is 1. The van der Waals surface area contributed by atoms with E-state index in [1.54, 1.807) is 0 Å². The summed E-state index contributed by atoms with van der Waals surface area (Å²) in [4.78, 5) is 26.3. The van der Waals surface area contributed by atoms with Gasteiger partial charge < -0.3 is 15.5 Å². The highest BCUT2D eigenvalue weighted by Gasteiger charge is 2.20. The van der Waals surface area contributed by atoms with Gasteiger partial charge in [-0.15, -0.1) is 0 Å². The minimum absolute atomic E-state index is 0.214. The van der Waals surface area contributed by atoms with Crippen LogP contribution in [0.25, 0.3) is 0 Å². The first-order chi connectivity index (χ1) is 14.3. The minimum Gasteiger partial charge on any atom is -0.338 e. The van der Waals surface area contributed by atoms with Crippen LogP contribution in [0.3, 0.4) is 0 Å². The molecule has 0 unspecified atom stereocenters. The third-order valence-electron chi connectivity index (χ3n) is 5.60. The lowest BCUT2D eigenvalue weighted by atomic mass is 9.94. The number of nitrogens with zero attached hydrogens (tertiary/aromatic N) is 1. The van der Waals surface area contributed by atoms with E-state index in [4.69, 9.17) is 0 Å². The summed E-state index contributed by atoms with van der Waals surface area (Å²) in [6.45, 7) is 10.5. The first kappa shape index (κ1) is 21.9. The molecule has 0 aliphatic carbocycles. The molecule has 0 bridgehead atoms. The quantitative estimate of drug-likeness (QED) is 0.647. The summed E-state index contributed by atoms with van der Waals surface area (Å²) in [5, 5.41) is 5.95. The monoisotopic (exact) mass is 407 g/mol. The molecule has 30 heavy (non-hydrogen) atoms. The van der Waals surface area contributed by atoms with Gasteiger partial charge in [-0.25, -0.2) is 4.79 Å². The molecule has 1 saturated heterocycles. The predicted molar refractivity (Wildman–Crippen MR) is 122 cm³/mol. The lowest BCUT2D eigenvalue weighted by Crippen LogP contribution is -2.29. The first-order valence-electron chi connectivity index (χ1n) is 10.9. The standard InChI is InChI=1S/C25H33N3O2/c1-17(2)21-10-11-23(22(14-21)18(3)4)27-25(30)26-15-19-7-5-8-20(13-19)16-28-12-6-9-24(28)29/h5,7-8,10-11,13-14,17-18H,6,9,12,15-16H2,1-4H3,(H2,26,27,30). The first-order valence-corrected chi connectivity index (χ1v) is 10.9. The van der Waals surface area contributed by atoms with E-state index in [0.29, 0.717) is 31.3 Å². The second kappa shape index (κ2) is 9.79. The van der Waals surface area contributed by atoms with E-state index in [0.717, 1.165) is 35.3 Å². The summed E-state index contributed by atoms with van der Waals surface area (Å²) in [5.74, 6) is 1.000. The van der Waals surface area contributed by atoms with Gasteiger partial charge in [-0.2, -0.15) is 0 Å². The molecule has 1 heterocycles. The fraction of sp³-hybridized carbons (Fsp3) is 0.440. The summed E-state index contributed by atoms with van der Waals surface area (Å²) in [6, 6.07) is 14.1. The molecule has 2 N–H and O–H groups in total. The van der Waals surface area contributed by atoms with Crippen LogP contribution < -0.4 is 10.6 Å². The number of rotatable bonds is 7. The van der Waals surface area contributed by atoms with E-state index in [-0.39, 0.29) is 11.9 Å². The van der Waals surface area contributed by atoms with E-state index < -0.39 is 0 Å². The zero-order valence-corrected chi connectivity index (χ0v) is 18.5. The molecule has 2 aromatic carbocycles. The van der Waals surface area contributed by atoms with Crippen molar-refractivity contribution in [2.75, 3.05) is 11.9 Å². The Hall–Kier alpha value is -2.82. The van der Waals surface area contributed by atoms with Crippen LogP contribution in [0.1, 0.15) is 74.6 Å². The maximum Gasteiger partial charge on any atom is 0.319 e. The Morgan fingerprint density at radius 1 is 1.03 bits per heavy atom. The Balaban J connectivity index is 1.60. The van der Waals surface area contributed by atoms with Crippen molar-refractivity contribution in [3.05, 3.63) is 64.7 Å². The number of amides is 3. The van der Waals surface area contributed by atoms with Gasteiger partial charge >= 0.3 is 6.03 Å². The maximum absolute atomic E-state index is 12.5. The highest BCUT2D eigenvalue weighted by molar-refractivity contribution is 5.90. The summed E-state index contributed by atoms with van der Waals surface area (Å²) >= 11 is 0. The third kappa shape index (κ3) is 5.62. The van der Waals surface area contributed by atoms with Crippen LogP contribution >= 0.6 is 0 Å². The van der Waals surface area contributed by atoms with E-state index in [1.807, 2.05) is 29.2 Å². The average molecular weight is 408 g/mol. The molecule has 3 rings (SSSR count). The molecule has 0 atom stereocenters. The number of carbonyl (C=O) groups excluding carboxylic acids is 2. The van der Waals surface area contributed by atoms with E-state index in [2.05, 4.69) is 56.5 Å². The van der Waals surface area contributed by atoms with E-state index in [9.17, 15) is 9.59 Å². The molecule has 0 radical (unpaired) electrons. The average Bonchev–Trinajstić information content (AvgIpc) is 3.11. The fourth-order valence-electron chi connectivity index (χ4n) is 3.81. The highest BCUT2D eigenvalue weighted by atomic mass is 16.2. The van der Waals surface area contributed by atoms with Crippen LogP contribution in [0.5, 0.6) is 0 Å². The predicted octanol–water partition coefficient (Wildman–Crippen LogP) is 5.38. The van der Waals surface area contributed by atoms with Crippen molar-refractivity contribution >= 4 is 17.6 Å². The zero-order valence-electron chi connectivity index (χ0n) is 18.5. The molecule has 5 nitrogen and oxygen atoms in total. The van der Waals surface area contributed by atoms with Crippen molar-refractivity contribution in [2.45, 2.75) is 65.5 Å². The van der Waals surface area contributed by atoms with Gasteiger partial charge in [0.15, 0.2) is 0 Å². The van der Waals surface area contributed by atoms with Gasteiger partial charge in [0.05, 0.1) is 0 Å². The molecule has 0 spiro atoms. The molecule has 3 amide bonds. The number of nitrogens with one attached hydrogen (secondary N) is 2. The third-order valence-corrected chi connectivity index (χ3v) is 5.60. The largest absolute Gasteiger partial charge is 0.338 e. The Morgan fingerprint density at radius 3 is 2.47 bits per heavy atom. The second-order valence-corrected chi connectivity index (χ2v) is 8.70. The van der Waals surface area contributed by atoms with Crippen LogP contribution in [-0.4, -0.2) is 23.4 Å². The summed E-state index contributed by atoms with van der Waals surface area (Å²) in [5.41, 5.74) is 5.39. The lowest BCUT2D eigenvalue weighted by molar-refractivity contribution is -0.128. The molecule has 160 valence electrons. The molecular formula is C25H33N3O2.